The highest BCUT2D eigenvalue weighted by Gasteiger charge is 2.32. The topological polar surface area (TPSA) is 46.6 Å². The Labute approximate surface area is 86.3 Å². The molecule has 1 aliphatic heterocycles. The molecule has 1 atom stereocenters. The van der Waals surface area contributed by atoms with Gasteiger partial charge in [0.15, 0.2) is 0 Å². The molecule has 0 bridgehead atoms. The molecule has 0 N–H and O–H groups in total. The van der Waals surface area contributed by atoms with E-state index in [0.29, 0.717) is 25.6 Å². The van der Waals surface area contributed by atoms with Crippen LogP contribution in [-0.2, 0) is 14.8 Å². The van der Waals surface area contributed by atoms with E-state index in [2.05, 4.69) is 0 Å². The zero-order valence-electron chi connectivity index (χ0n) is 9.06. The van der Waals surface area contributed by atoms with E-state index in [-0.39, 0.29) is 5.25 Å². The van der Waals surface area contributed by atoms with Crippen molar-refractivity contribution in [1.82, 2.24) is 4.31 Å². The molecule has 5 heteroatoms. The van der Waals surface area contributed by atoms with Crippen molar-refractivity contribution in [2.75, 3.05) is 26.8 Å². The molecule has 1 saturated heterocycles. The Morgan fingerprint density at radius 2 is 2.14 bits per heavy atom. The molecule has 1 fully saturated rings. The Balaban J connectivity index is 2.58. The van der Waals surface area contributed by atoms with Crippen molar-refractivity contribution in [3.05, 3.63) is 0 Å². The predicted molar refractivity (Wildman–Crippen MR) is 55.6 cm³/mol. The van der Waals surface area contributed by atoms with Gasteiger partial charge in [-0.2, -0.15) is 0 Å². The summed E-state index contributed by atoms with van der Waals surface area (Å²) in [6.07, 6.45) is 0.916. The Morgan fingerprint density at radius 3 is 2.64 bits per heavy atom. The van der Waals surface area contributed by atoms with E-state index in [9.17, 15) is 8.42 Å². The molecule has 0 aliphatic carbocycles. The van der Waals surface area contributed by atoms with Gasteiger partial charge in [-0.3, -0.25) is 0 Å². The van der Waals surface area contributed by atoms with Gasteiger partial charge in [0.05, 0.1) is 11.9 Å². The van der Waals surface area contributed by atoms with Gasteiger partial charge in [-0.05, 0) is 26.2 Å². The molecule has 0 amide bonds. The van der Waals surface area contributed by atoms with Crippen molar-refractivity contribution >= 4 is 10.0 Å². The smallest absolute Gasteiger partial charge is 0.216 e. The minimum absolute atomic E-state index is 0.316. The summed E-state index contributed by atoms with van der Waals surface area (Å²) in [5.41, 5.74) is 0. The van der Waals surface area contributed by atoms with Crippen LogP contribution < -0.4 is 0 Å². The quantitative estimate of drug-likeness (QED) is 0.702. The predicted octanol–water partition coefficient (Wildman–Crippen LogP) is 0.693. The zero-order chi connectivity index (χ0) is 10.8. The summed E-state index contributed by atoms with van der Waals surface area (Å²) in [6, 6.07) is 0. The van der Waals surface area contributed by atoms with Crippen LogP contribution in [0.25, 0.3) is 0 Å². The average Bonchev–Trinajstić information content (AvgIpc) is 2.53. The second-order valence-electron chi connectivity index (χ2n) is 4.06. The van der Waals surface area contributed by atoms with Crippen molar-refractivity contribution in [1.29, 1.82) is 0 Å². The fraction of sp³-hybridized carbons (Fsp3) is 1.00. The minimum Gasteiger partial charge on any atom is -0.384 e. The second-order valence-corrected chi connectivity index (χ2v) is 6.55. The van der Waals surface area contributed by atoms with E-state index in [1.165, 1.54) is 0 Å². The van der Waals surface area contributed by atoms with Crippen LogP contribution in [0.15, 0.2) is 0 Å². The molecule has 1 heterocycles. The van der Waals surface area contributed by atoms with Gasteiger partial charge in [-0.15, -0.1) is 0 Å². The normalized spacial score (nSPS) is 24.7. The highest BCUT2D eigenvalue weighted by molar-refractivity contribution is 7.89. The molecule has 0 aromatic rings. The van der Waals surface area contributed by atoms with Crippen LogP contribution in [0.5, 0.6) is 0 Å². The highest BCUT2D eigenvalue weighted by Crippen LogP contribution is 2.21. The highest BCUT2D eigenvalue weighted by atomic mass is 32.2. The first-order valence-corrected chi connectivity index (χ1v) is 6.46. The van der Waals surface area contributed by atoms with E-state index >= 15 is 0 Å². The molecule has 4 nitrogen and oxygen atoms in total. The SMILES string of the molecule is COCC1CCN(S(=O)(=O)C(C)C)C1. The average molecular weight is 221 g/mol. The van der Waals surface area contributed by atoms with Crippen molar-refractivity contribution in [2.24, 2.45) is 5.92 Å². The molecule has 0 saturated carbocycles. The molecule has 1 aliphatic rings. The molecule has 1 rings (SSSR count). The fourth-order valence-corrected chi connectivity index (χ4v) is 3.07. The van der Waals surface area contributed by atoms with Gasteiger partial charge in [0, 0.05) is 20.2 Å². The molecule has 1 unspecified atom stereocenters. The number of ether oxygens (including phenoxy) is 1. The van der Waals surface area contributed by atoms with E-state index in [4.69, 9.17) is 4.74 Å². The van der Waals surface area contributed by atoms with Crippen LogP contribution in [-0.4, -0.2) is 44.8 Å². The van der Waals surface area contributed by atoms with Crippen molar-refractivity contribution in [3.63, 3.8) is 0 Å². The number of nitrogens with zero attached hydrogens (tertiary/aromatic N) is 1. The summed E-state index contributed by atoms with van der Waals surface area (Å²) in [6.45, 7) is 5.37. The van der Waals surface area contributed by atoms with E-state index in [1.54, 1.807) is 25.3 Å². The summed E-state index contributed by atoms with van der Waals surface area (Å²) in [5.74, 6) is 0.369. The Bertz CT molecular complexity index is 274. The number of sulfonamides is 1. The van der Waals surface area contributed by atoms with E-state index in [0.717, 1.165) is 6.42 Å². The van der Waals surface area contributed by atoms with Gasteiger partial charge in [0.2, 0.25) is 10.0 Å². The van der Waals surface area contributed by atoms with Gasteiger partial charge >= 0.3 is 0 Å². The molecule has 14 heavy (non-hydrogen) atoms. The lowest BCUT2D eigenvalue weighted by Crippen LogP contribution is -2.34. The molecule has 84 valence electrons. The van der Waals surface area contributed by atoms with E-state index < -0.39 is 10.0 Å². The first kappa shape index (κ1) is 11.9. The maximum Gasteiger partial charge on any atom is 0.216 e. The third-order valence-corrected chi connectivity index (χ3v) is 4.85. The number of hydrogen-bond donors (Lipinski definition) is 0. The summed E-state index contributed by atoms with van der Waals surface area (Å²) >= 11 is 0. The molecule has 0 spiro atoms. The Kier molecular flexibility index (Phi) is 3.92. The number of rotatable bonds is 4. The largest absolute Gasteiger partial charge is 0.384 e. The zero-order valence-corrected chi connectivity index (χ0v) is 9.88. The first-order valence-electron chi connectivity index (χ1n) is 4.96. The van der Waals surface area contributed by atoms with Crippen molar-refractivity contribution in [3.8, 4) is 0 Å². The van der Waals surface area contributed by atoms with Gasteiger partial charge in [0.1, 0.15) is 0 Å². The van der Waals surface area contributed by atoms with Crippen LogP contribution in [0.4, 0.5) is 0 Å². The lowest BCUT2D eigenvalue weighted by atomic mass is 10.1. The maximum atomic E-state index is 11.8. The molecule has 0 radical (unpaired) electrons. The van der Waals surface area contributed by atoms with Crippen LogP contribution in [0, 0.1) is 5.92 Å². The molecular weight excluding hydrogens is 202 g/mol. The lowest BCUT2D eigenvalue weighted by Gasteiger charge is -2.18. The standard InChI is InChI=1S/C9H19NO3S/c1-8(2)14(11,12)10-5-4-9(6-10)7-13-3/h8-9H,4-7H2,1-3H3. The van der Waals surface area contributed by atoms with Gasteiger partial charge < -0.3 is 4.74 Å². The van der Waals surface area contributed by atoms with Crippen LogP contribution in [0.1, 0.15) is 20.3 Å². The molecular formula is C9H19NO3S. The third-order valence-electron chi connectivity index (χ3n) is 2.61. The van der Waals surface area contributed by atoms with Gasteiger partial charge in [0.25, 0.3) is 0 Å². The van der Waals surface area contributed by atoms with Crippen molar-refractivity contribution < 1.29 is 13.2 Å². The molecule has 0 aromatic carbocycles. The number of hydrogen-bond acceptors (Lipinski definition) is 3. The van der Waals surface area contributed by atoms with Crippen molar-refractivity contribution in [2.45, 2.75) is 25.5 Å². The Morgan fingerprint density at radius 1 is 1.50 bits per heavy atom. The number of methoxy groups -OCH3 is 1. The summed E-state index contributed by atoms with van der Waals surface area (Å²) in [7, 11) is -1.40. The third kappa shape index (κ3) is 2.46. The summed E-state index contributed by atoms with van der Waals surface area (Å²) < 4.78 is 30.1. The summed E-state index contributed by atoms with van der Waals surface area (Å²) in [5, 5.41) is -0.316. The first-order chi connectivity index (χ1) is 6.48. The minimum atomic E-state index is -3.05. The van der Waals surface area contributed by atoms with E-state index in [1.807, 2.05) is 0 Å². The van der Waals surface area contributed by atoms with Gasteiger partial charge in [-0.1, -0.05) is 0 Å². The summed E-state index contributed by atoms with van der Waals surface area (Å²) in [4.78, 5) is 0. The lowest BCUT2D eigenvalue weighted by molar-refractivity contribution is 0.157. The van der Waals surface area contributed by atoms with Gasteiger partial charge in [-0.25, -0.2) is 12.7 Å². The maximum absolute atomic E-state index is 11.8. The monoisotopic (exact) mass is 221 g/mol. The van der Waals surface area contributed by atoms with Crippen LogP contribution in [0.3, 0.4) is 0 Å². The van der Waals surface area contributed by atoms with Crippen LogP contribution >= 0.6 is 0 Å². The fourth-order valence-electron chi connectivity index (χ4n) is 1.70. The Hall–Kier alpha value is -0.130. The molecule has 0 aromatic heterocycles. The second kappa shape index (κ2) is 4.59. The van der Waals surface area contributed by atoms with Crippen LogP contribution in [0.2, 0.25) is 0 Å².